The minimum absolute atomic E-state index is 0.228. The van der Waals surface area contributed by atoms with Crippen LogP contribution in [0.2, 0.25) is 0 Å². The first-order valence-corrected chi connectivity index (χ1v) is 14.4. The average molecular weight is 576 g/mol. The number of ether oxygens (including phenoxy) is 6. The Labute approximate surface area is 248 Å². The molecule has 0 aliphatic carbocycles. The quantitative estimate of drug-likeness (QED) is 0.289. The topological polar surface area (TPSA) is 75.7 Å². The fraction of sp³-hybridized carbons (Fsp3) is 0.441. The molecule has 2 bridgehead atoms. The molecule has 8 heteroatoms. The number of benzene rings is 3. The van der Waals surface area contributed by atoms with Crippen LogP contribution in [-0.2, 0) is 48.2 Å². The van der Waals surface area contributed by atoms with Gasteiger partial charge in [0.15, 0.2) is 6.29 Å². The number of carbonyl (C=O) groups excluding carboxylic acids is 1. The van der Waals surface area contributed by atoms with Gasteiger partial charge in [0.05, 0.1) is 33.0 Å². The van der Waals surface area contributed by atoms with Crippen LogP contribution in [0.3, 0.4) is 0 Å². The molecule has 8 nitrogen and oxygen atoms in total. The zero-order valence-corrected chi connectivity index (χ0v) is 24.8. The summed E-state index contributed by atoms with van der Waals surface area (Å²) < 4.78 is 38.2. The van der Waals surface area contributed by atoms with Gasteiger partial charge in [-0.05, 0) is 37.5 Å². The minimum Gasteiger partial charge on any atom is -0.444 e. The molecule has 2 heterocycles. The van der Waals surface area contributed by atoms with Gasteiger partial charge >= 0.3 is 6.09 Å². The smallest absolute Gasteiger partial charge is 0.410 e. The molecule has 0 N–H and O–H groups in total. The molecule has 2 aliphatic rings. The summed E-state index contributed by atoms with van der Waals surface area (Å²) in [4.78, 5) is 14.8. The Kier molecular flexibility index (Phi) is 9.60. The van der Waals surface area contributed by atoms with Gasteiger partial charge in [0.2, 0.25) is 0 Å². The highest BCUT2D eigenvalue weighted by atomic mass is 16.8. The summed E-state index contributed by atoms with van der Waals surface area (Å²) in [6.07, 6.45) is -2.46. The first-order valence-electron chi connectivity index (χ1n) is 14.4. The van der Waals surface area contributed by atoms with E-state index in [1.807, 2.05) is 112 Å². The lowest BCUT2D eigenvalue weighted by atomic mass is 9.87. The molecule has 5 atom stereocenters. The van der Waals surface area contributed by atoms with Crippen LogP contribution in [-0.4, -0.2) is 67.0 Å². The van der Waals surface area contributed by atoms with Crippen LogP contribution in [0.5, 0.6) is 0 Å². The summed E-state index contributed by atoms with van der Waals surface area (Å²) in [7, 11) is 1.69. The number of likely N-dealkylation sites (N-methyl/N-ethyl adjacent to an activating group) is 1. The molecule has 3 aromatic rings. The first-order chi connectivity index (χ1) is 20.2. The second kappa shape index (κ2) is 13.4. The molecule has 2 fully saturated rings. The van der Waals surface area contributed by atoms with Crippen molar-refractivity contribution in [2.75, 3.05) is 20.3 Å². The lowest BCUT2D eigenvalue weighted by Crippen LogP contribution is -2.68. The second-order valence-corrected chi connectivity index (χ2v) is 11.9. The molecule has 0 radical (unpaired) electrons. The largest absolute Gasteiger partial charge is 0.444 e. The molecule has 42 heavy (non-hydrogen) atoms. The summed E-state index contributed by atoms with van der Waals surface area (Å²) in [5, 5.41) is 0. The van der Waals surface area contributed by atoms with Gasteiger partial charge in [-0.25, -0.2) is 4.79 Å². The molecule has 3 aromatic carbocycles. The number of carbonyl (C=O) groups is 1. The predicted octanol–water partition coefficient (Wildman–Crippen LogP) is 5.73. The van der Waals surface area contributed by atoms with E-state index in [0.717, 1.165) is 16.7 Å². The number of rotatable bonds is 11. The molecule has 1 amide bonds. The van der Waals surface area contributed by atoms with Crippen molar-refractivity contribution < 1.29 is 33.2 Å². The van der Waals surface area contributed by atoms with Crippen molar-refractivity contribution in [1.29, 1.82) is 0 Å². The first kappa shape index (κ1) is 30.2. The Morgan fingerprint density at radius 1 is 0.833 bits per heavy atom. The highest BCUT2D eigenvalue weighted by Gasteiger charge is 2.63. The summed E-state index contributed by atoms with van der Waals surface area (Å²) in [6, 6.07) is 29.3. The lowest BCUT2D eigenvalue weighted by molar-refractivity contribution is -0.275. The molecule has 0 aromatic heterocycles. The monoisotopic (exact) mass is 575 g/mol. The summed E-state index contributed by atoms with van der Waals surface area (Å²) in [5.41, 5.74) is 1.46. The predicted molar refractivity (Wildman–Crippen MR) is 157 cm³/mol. The van der Waals surface area contributed by atoms with Crippen molar-refractivity contribution in [1.82, 2.24) is 4.90 Å². The van der Waals surface area contributed by atoms with Crippen LogP contribution in [0, 0.1) is 0 Å². The van der Waals surface area contributed by atoms with Gasteiger partial charge in [-0.3, -0.25) is 0 Å². The summed E-state index contributed by atoms with van der Waals surface area (Å²) in [6.45, 7) is 7.04. The Morgan fingerprint density at radius 3 is 1.90 bits per heavy atom. The molecule has 2 saturated heterocycles. The van der Waals surface area contributed by atoms with E-state index in [4.69, 9.17) is 28.4 Å². The third-order valence-electron chi connectivity index (χ3n) is 7.42. The third-order valence-corrected chi connectivity index (χ3v) is 7.42. The Bertz CT molecular complexity index is 1270. The number of fused-ring (bicyclic) bond motifs is 2. The fourth-order valence-corrected chi connectivity index (χ4v) is 5.37. The molecular weight excluding hydrogens is 534 g/mol. The van der Waals surface area contributed by atoms with E-state index in [9.17, 15) is 4.79 Å². The number of hydrogen-bond acceptors (Lipinski definition) is 7. The van der Waals surface area contributed by atoms with Crippen LogP contribution in [0.15, 0.2) is 91.0 Å². The van der Waals surface area contributed by atoms with E-state index >= 15 is 0 Å². The van der Waals surface area contributed by atoms with Crippen molar-refractivity contribution in [3.63, 3.8) is 0 Å². The summed E-state index contributed by atoms with van der Waals surface area (Å²) in [5.74, 6) is 0. The lowest BCUT2D eigenvalue weighted by Gasteiger charge is -2.48. The molecule has 224 valence electrons. The number of amides is 1. The fourth-order valence-electron chi connectivity index (χ4n) is 5.37. The van der Waals surface area contributed by atoms with Crippen LogP contribution in [0.25, 0.3) is 0 Å². The van der Waals surface area contributed by atoms with Crippen molar-refractivity contribution in [2.24, 2.45) is 0 Å². The third kappa shape index (κ3) is 7.38. The molecule has 0 saturated carbocycles. The average Bonchev–Trinajstić information content (AvgIpc) is 3.36. The van der Waals surface area contributed by atoms with Gasteiger partial charge in [0, 0.05) is 7.05 Å². The number of nitrogens with zero attached hydrogens (tertiary/aromatic N) is 1. The SMILES string of the molecule is CN(C(=O)OC(C)(C)C)[C@H]1[C@H]2OC[C@](COCc3ccccc3)(O2)[C@H](OCc2ccccc2)[C@@H]1OCc1ccccc1. The van der Waals surface area contributed by atoms with Crippen molar-refractivity contribution in [3.8, 4) is 0 Å². The van der Waals surface area contributed by atoms with Crippen molar-refractivity contribution in [2.45, 2.75) is 76.3 Å². The van der Waals surface area contributed by atoms with Crippen LogP contribution < -0.4 is 0 Å². The minimum atomic E-state index is -0.944. The van der Waals surface area contributed by atoms with Crippen LogP contribution >= 0.6 is 0 Å². The van der Waals surface area contributed by atoms with Gasteiger partial charge in [-0.2, -0.15) is 0 Å². The zero-order valence-electron chi connectivity index (χ0n) is 24.8. The number of hydrogen-bond donors (Lipinski definition) is 0. The van der Waals surface area contributed by atoms with E-state index in [-0.39, 0.29) is 13.2 Å². The molecular formula is C34H41NO7. The highest BCUT2D eigenvalue weighted by Crippen LogP contribution is 2.43. The van der Waals surface area contributed by atoms with Crippen molar-refractivity contribution in [3.05, 3.63) is 108 Å². The van der Waals surface area contributed by atoms with E-state index in [0.29, 0.717) is 19.8 Å². The van der Waals surface area contributed by atoms with E-state index in [2.05, 4.69) is 0 Å². The second-order valence-electron chi connectivity index (χ2n) is 11.9. The maximum Gasteiger partial charge on any atom is 0.410 e. The summed E-state index contributed by atoms with van der Waals surface area (Å²) >= 11 is 0. The maximum atomic E-state index is 13.3. The molecule has 0 spiro atoms. The van der Waals surface area contributed by atoms with E-state index in [1.165, 1.54) is 4.90 Å². The van der Waals surface area contributed by atoms with Gasteiger partial charge in [-0.15, -0.1) is 0 Å². The van der Waals surface area contributed by atoms with E-state index < -0.39 is 41.8 Å². The van der Waals surface area contributed by atoms with Crippen LogP contribution in [0.4, 0.5) is 4.79 Å². The van der Waals surface area contributed by atoms with Crippen molar-refractivity contribution >= 4 is 6.09 Å². The Morgan fingerprint density at radius 2 is 1.36 bits per heavy atom. The Hall–Kier alpha value is -3.27. The van der Waals surface area contributed by atoms with Gasteiger partial charge in [0.25, 0.3) is 0 Å². The Balaban J connectivity index is 1.45. The van der Waals surface area contributed by atoms with Crippen LogP contribution in [0.1, 0.15) is 37.5 Å². The van der Waals surface area contributed by atoms with Gasteiger partial charge < -0.3 is 33.3 Å². The molecule has 2 aliphatic heterocycles. The maximum absolute atomic E-state index is 13.3. The van der Waals surface area contributed by atoms with Gasteiger partial charge in [-0.1, -0.05) is 91.0 Å². The van der Waals surface area contributed by atoms with Gasteiger partial charge in [0.1, 0.15) is 29.5 Å². The normalized spacial score (nSPS) is 25.2. The highest BCUT2D eigenvalue weighted by molar-refractivity contribution is 5.68. The molecule has 5 rings (SSSR count). The zero-order chi connectivity index (χ0) is 29.6. The van der Waals surface area contributed by atoms with E-state index in [1.54, 1.807) is 7.05 Å². The molecule has 0 unspecified atom stereocenters. The standard InChI is InChI=1S/C34H41NO7/c1-33(2,3)42-32(36)35(4)28-29(38-21-26-16-10-6-11-17-26)30(39-22-27-18-12-7-13-19-27)34(24-40-31(28)41-34)23-37-20-25-14-8-5-9-15-25/h5-19,28-31H,20-24H2,1-4H3/t28-,29-,30-,31+,34+/m1/s1.